The van der Waals surface area contributed by atoms with Crippen molar-refractivity contribution in [3.05, 3.63) is 34.1 Å². The summed E-state index contributed by atoms with van der Waals surface area (Å²) in [6.07, 6.45) is 0. The van der Waals surface area contributed by atoms with Crippen LogP contribution in [0.25, 0.3) is 0 Å². The van der Waals surface area contributed by atoms with E-state index < -0.39 is 6.04 Å². The number of amides is 2. The van der Waals surface area contributed by atoms with E-state index >= 15 is 0 Å². The molecule has 0 aliphatic carbocycles. The van der Waals surface area contributed by atoms with Gasteiger partial charge in [-0.1, -0.05) is 36.7 Å². The highest BCUT2D eigenvalue weighted by Gasteiger charge is 2.39. The second kappa shape index (κ2) is 5.75. The summed E-state index contributed by atoms with van der Waals surface area (Å²) in [7, 11) is 0. The third kappa shape index (κ3) is 3.81. The monoisotopic (exact) mass is 356 g/mol. The zero-order chi connectivity index (χ0) is 15.8. The van der Waals surface area contributed by atoms with Crippen LogP contribution in [0.15, 0.2) is 22.7 Å². The third-order valence-electron chi connectivity index (χ3n) is 3.36. The standard InChI is InChI=1S/C15H18BrFN2O2/c1-15(2,3)13-14(21)19(8-12(20)18-13)7-9-4-10(16)6-11(17)5-9/h4-6,13H,7-8H2,1-3H3,(H,18,20). The molecule has 4 nitrogen and oxygen atoms in total. The van der Waals surface area contributed by atoms with Gasteiger partial charge in [0.15, 0.2) is 0 Å². The van der Waals surface area contributed by atoms with E-state index in [1.807, 2.05) is 20.8 Å². The fourth-order valence-electron chi connectivity index (χ4n) is 2.35. The first-order valence-corrected chi connectivity index (χ1v) is 7.49. The van der Waals surface area contributed by atoms with E-state index in [0.29, 0.717) is 10.0 Å². The highest BCUT2D eigenvalue weighted by Crippen LogP contribution is 2.24. The van der Waals surface area contributed by atoms with Crippen molar-refractivity contribution < 1.29 is 14.0 Å². The van der Waals surface area contributed by atoms with Gasteiger partial charge in [-0.2, -0.15) is 0 Å². The Morgan fingerprint density at radius 3 is 2.57 bits per heavy atom. The van der Waals surface area contributed by atoms with E-state index in [4.69, 9.17) is 0 Å². The molecule has 1 saturated heterocycles. The molecule has 1 aromatic carbocycles. The Morgan fingerprint density at radius 1 is 1.33 bits per heavy atom. The van der Waals surface area contributed by atoms with Gasteiger partial charge in [0.2, 0.25) is 11.8 Å². The summed E-state index contributed by atoms with van der Waals surface area (Å²) >= 11 is 3.23. The number of nitrogens with one attached hydrogen (secondary N) is 1. The fraction of sp³-hybridized carbons (Fsp3) is 0.467. The zero-order valence-electron chi connectivity index (χ0n) is 12.2. The van der Waals surface area contributed by atoms with Crippen molar-refractivity contribution in [3.8, 4) is 0 Å². The SMILES string of the molecule is CC(C)(C)C1NC(=O)CN(Cc2cc(F)cc(Br)c2)C1=O. The lowest BCUT2D eigenvalue weighted by atomic mass is 9.84. The number of carbonyl (C=O) groups excluding carboxylic acids is 2. The summed E-state index contributed by atoms with van der Waals surface area (Å²) < 4.78 is 14.0. The molecule has 6 heteroatoms. The van der Waals surface area contributed by atoms with E-state index in [1.165, 1.54) is 17.0 Å². The molecule has 0 aromatic heterocycles. The van der Waals surface area contributed by atoms with Crippen LogP contribution in [0, 0.1) is 11.2 Å². The molecule has 2 amide bonds. The lowest BCUT2D eigenvalue weighted by Crippen LogP contribution is -2.61. The number of halogens is 2. The number of nitrogens with zero attached hydrogens (tertiary/aromatic N) is 1. The molecule has 1 unspecified atom stereocenters. The lowest BCUT2D eigenvalue weighted by molar-refractivity contribution is -0.147. The van der Waals surface area contributed by atoms with Gasteiger partial charge in [-0.25, -0.2) is 4.39 Å². The Morgan fingerprint density at radius 2 is 2.00 bits per heavy atom. The van der Waals surface area contributed by atoms with Crippen LogP contribution in [0.5, 0.6) is 0 Å². The van der Waals surface area contributed by atoms with Crippen LogP contribution in [0.4, 0.5) is 4.39 Å². The van der Waals surface area contributed by atoms with E-state index in [2.05, 4.69) is 21.2 Å². The predicted molar refractivity (Wildman–Crippen MR) is 80.9 cm³/mol. The summed E-state index contributed by atoms with van der Waals surface area (Å²) in [4.78, 5) is 25.8. The van der Waals surface area contributed by atoms with Crippen molar-refractivity contribution in [2.45, 2.75) is 33.4 Å². The number of benzene rings is 1. The summed E-state index contributed by atoms with van der Waals surface area (Å²) in [5.74, 6) is -0.701. The molecule has 1 aliphatic rings. The highest BCUT2D eigenvalue weighted by molar-refractivity contribution is 9.10. The van der Waals surface area contributed by atoms with Crippen LogP contribution in [0.1, 0.15) is 26.3 Å². The second-order valence-corrected chi connectivity index (χ2v) is 7.25. The molecule has 0 radical (unpaired) electrons. The van der Waals surface area contributed by atoms with Gasteiger partial charge in [0.05, 0.1) is 6.54 Å². The van der Waals surface area contributed by atoms with Crippen molar-refractivity contribution in [2.24, 2.45) is 5.41 Å². The molecule has 114 valence electrons. The van der Waals surface area contributed by atoms with Gasteiger partial charge < -0.3 is 10.2 Å². The van der Waals surface area contributed by atoms with Crippen LogP contribution in [0.2, 0.25) is 0 Å². The Balaban J connectivity index is 2.22. The van der Waals surface area contributed by atoms with E-state index in [1.54, 1.807) is 6.07 Å². The van der Waals surface area contributed by atoms with Crippen LogP contribution in [-0.4, -0.2) is 29.3 Å². The van der Waals surface area contributed by atoms with Gasteiger partial charge in [-0.15, -0.1) is 0 Å². The Hall–Kier alpha value is -1.43. The molecule has 0 spiro atoms. The lowest BCUT2D eigenvalue weighted by Gasteiger charge is -2.38. The van der Waals surface area contributed by atoms with Gasteiger partial charge in [-0.05, 0) is 29.2 Å². The smallest absolute Gasteiger partial charge is 0.246 e. The Labute approximate surface area is 131 Å². The minimum atomic E-state index is -0.559. The van der Waals surface area contributed by atoms with Crippen molar-refractivity contribution in [1.29, 1.82) is 0 Å². The summed E-state index contributed by atoms with van der Waals surface area (Å²) in [6.45, 7) is 5.92. The summed E-state index contributed by atoms with van der Waals surface area (Å²) in [5.41, 5.74) is 0.283. The molecule has 21 heavy (non-hydrogen) atoms. The zero-order valence-corrected chi connectivity index (χ0v) is 13.8. The minimum Gasteiger partial charge on any atom is -0.342 e. The van der Waals surface area contributed by atoms with Gasteiger partial charge in [0, 0.05) is 11.0 Å². The van der Waals surface area contributed by atoms with Crippen LogP contribution in [0.3, 0.4) is 0 Å². The first-order chi connectivity index (χ1) is 9.66. The van der Waals surface area contributed by atoms with E-state index in [9.17, 15) is 14.0 Å². The van der Waals surface area contributed by atoms with Crippen molar-refractivity contribution in [3.63, 3.8) is 0 Å². The van der Waals surface area contributed by atoms with Crippen molar-refractivity contribution in [1.82, 2.24) is 10.2 Å². The van der Waals surface area contributed by atoms with Crippen molar-refractivity contribution in [2.75, 3.05) is 6.54 Å². The van der Waals surface area contributed by atoms with Crippen molar-refractivity contribution >= 4 is 27.7 Å². The molecular formula is C15H18BrFN2O2. The van der Waals surface area contributed by atoms with Crippen LogP contribution >= 0.6 is 15.9 Å². The minimum absolute atomic E-state index is 0.000451. The summed E-state index contributed by atoms with van der Waals surface area (Å²) in [6, 6.07) is 3.91. The maximum atomic E-state index is 13.4. The van der Waals surface area contributed by atoms with E-state index in [-0.39, 0.29) is 36.1 Å². The maximum Gasteiger partial charge on any atom is 0.246 e. The predicted octanol–water partition coefficient (Wildman–Crippen LogP) is 2.46. The van der Waals surface area contributed by atoms with E-state index in [0.717, 1.165) is 0 Å². The average Bonchev–Trinajstić information content (AvgIpc) is 2.30. The fourth-order valence-corrected chi connectivity index (χ4v) is 2.86. The molecule has 1 aromatic rings. The average molecular weight is 357 g/mol. The second-order valence-electron chi connectivity index (χ2n) is 6.34. The molecule has 0 bridgehead atoms. The molecule has 0 saturated carbocycles. The molecule has 2 rings (SSSR count). The molecule has 1 N–H and O–H groups in total. The first kappa shape index (κ1) is 15.9. The van der Waals surface area contributed by atoms with Crippen LogP contribution in [-0.2, 0) is 16.1 Å². The normalized spacial score (nSPS) is 19.7. The quantitative estimate of drug-likeness (QED) is 0.884. The number of hydrogen-bond donors (Lipinski definition) is 1. The Bertz CT molecular complexity index is 563. The Kier molecular flexibility index (Phi) is 4.37. The highest BCUT2D eigenvalue weighted by atomic mass is 79.9. The van der Waals surface area contributed by atoms with Gasteiger partial charge >= 0.3 is 0 Å². The molecule has 1 fully saturated rings. The van der Waals surface area contributed by atoms with Gasteiger partial charge in [-0.3, -0.25) is 9.59 Å². The molecular weight excluding hydrogens is 339 g/mol. The molecule has 1 heterocycles. The van der Waals surface area contributed by atoms with Crippen LogP contribution < -0.4 is 5.32 Å². The topological polar surface area (TPSA) is 49.4 Å². The number of hydrogen-bond acceptors (Lipinski definition) is 2. The first-order valence-electron chi connectivity index (χ1n) is 6.70. The number of carbonyl (C=O) groups is 2. The third-order valence-corrected chi connectivity index (χ3v) is 3.82. The van der Waals surface area contributed by atoms with Gasteiger partial charge in [0.1, 0.15) is 11.9 Å². The number of piperazine rings is 1. The largest absolute Gasteiger partial charge is 0.342 e. The van der Waals surface area contributed by atoms with Gasteiger partial charge in [0.25, 0.3) is 0 Å². The molecule has 1 atom stereocenters. The molecule has 1 aliphatic heterocycles. The number of rotatable bonds is 2. The summed E-state index contributed by atoms with van der Waals surface area (Å²) in [5, 5.41) is 2.73. The maximum absolute atomic E-state index is 13.4.